The van der Waals surface area contributed by atoms with Gasteiger partial charge in [0.2, 0.25) is 0 Å². The van der Waals surface area contributed by atoms with E-state index in [-0.39, 0.29) is 12.2 Å². The van der Waals surface area contributed by atoms with Gasteiger partial charge < -0.3 is 4.74 Å². The van der Waals surface area contributed by atoms with E-state index in [0.29, 0.717) is 17.0 Å². The van der Waals surface area contributed by atoms with Crippen molar-refractivity contribution in [2.24, 2.45) is 0 Å². The maximum atomic E-state index is 11.3. The van der Waals surface area contributed by atoms with Crippen molar-refractivity contribution in [3.63, 3.8) is 0 Å². The summed E-state index contributed by atoms with van der Waals surface area (Å²) in [6.07, 6.45) is 1.46. The van der Waals surface area contributed by atoms with E-state index in [4.69, 9.17) is 4.74 Å². The molecular weight excluding hydrogens is 264 g/mol. The zero-order valence-electron chi connectivity index (χ0n) is 10.7. The van der Waals surface area contributed by atoms with Crippen molar-refractivity contribution in [3.8, 4) is 0 Å². The molecule has 0 spiro atoms. The van der Waals surface area contributed by atoms with Crippen molar-refractivity contribution in [2.45, 2.75) is 20.3 Å². The molecular formula is C14H14O4S. The van der Waals surface area contributed by atoms with Crippen LogP contribution in [-0.4, -0.2) is 21.3 Å². The predicted octanol–water partition coefficient (Wildman–Crippen LogP) is 1.93. The van der Waals surface area contributed by atoms with Gasteiger partial charge in [-0.05, 0) is 31.1 Å². The van der Waals surface area contributed by atoms with Gasteiger partial charge >= 0.3 is 5.97 Å². The molecule has 0 saturated carbocycles. The Labute approximate surface area is 115 Å². The minimum absolute atomic E-state index is 0.222. The lowest BCUT2D eigenvalue weighted by molar-refractivity contribution is -0.141. The summed E-state index contributed by atoms with van der Waals surface area (Å²) in [7, 11) is 0. The number of benzene rings is 1. The highest BCUT2D eigenvalue weighted by molar-refractivity contribution is 7.65. The summed E-state index contributed by atoms with van der Waals surface area (Å²) in [4.78, 5) is 22.0. The molecule has 5 heteroatoms. The molecule has 0 aromatic heterocycles. The number of hydrogen-bond donors (Lipinski definition) is 0. The summed E-state index contributed by atoms with van der Waals surface area (Å²) in [5, 5.41) is 1.49. The van der Waals surface area contributed by atoms with Gasteiger partial charge in [0.15, 0.2) is 0 Å². The smallest absolute Gasteiger partial charge is 0.318 e. The first-order valence-corrected chi connectivity index (χ1v) is 6.42. The van der Waals surface area contributed by atoms with Crippen molar-refractivity contribution < 1.29 is 18.5 Å². The van der Waals surface area contributed by atoms with E-state index in [2.05, 4.69) is 0 Å². The van der Waals surface area contributed by atoms with Crippen LogP contribution in [0.15, 0.2) is 30.0 Å². The van der Waals surface area contributed by atoms with Gasteiger partial charge in [0.1, 0.15) is 18.0 Å². The van der Waals surface area contributed by atoms with Crippen LogP contribution in [0.2, 0.25) is 0 Å². The molecule has 0 bridgehead atoms. The van der Waals surface area contributed by atoms with Gasteiger partial charge in [-0.25, -0.2) is 4.21 Å². The quantitative estimate of drug-likeness (QED) is 0.357. The van der Waals surface area contributed by atoms with Gasteiger partial charge in [-0.1, -0.05) is 24.3 Å². The Hall–Kier alpha value is -2.01. The number of Topliss-reactive ketones (excluding diaryl/α,β-unsaturated/α-hetero) is 1. The van der Waals surface area contributed by atoms with Crippen LogP contribution in [0.3, 0.4) is 0 Å². The molecule has 0 aliphatic rings. The van der Waals surface area contributed by atoms with Crippen LogP contribution < -0.4 is 0 Å². The van der Waals surface area contributed by atoms with Gasteiger partial charge in [-0.3, -0.25) is 9.59 Å². The number of ether oxygens (including phenoxy) is 1. The number of ketones is 1. The topological polar surface area (TPSA) is 60.4 Å². The maximum Gasteiger partial charge on any atom is 0.318 e. The molecule has 0 unspecified atom stereocenters. The van der Waals surface area contributed by atoms with E-state index in [1.807, 2.05) is 12.1 Å². The van der Waals surface area contributed by atoms with Crippen molar-refractivity contribution >= 4 is 34.5 Å². The number of allylic oxidation sites excluding steroid dienone is 1. The molecule has 19 heavy (non-hydrogen) atoms. The third-order valence-corrected chi connectivity index (χ3v) is 2.53. The summed E-state index contributed by atoms with van der Waals surface area (Å²) in [6, 6.07) is 7.21. The highest BCUT2D eigenvalue weighted by atomic mass is 32.1. The van der Waals surface area contributed by atoms with Gasteiger partial charge in [-0.2, -0.15) is 0 Å². The number of carbonyl (C=O) groups excluding carboxylic acids is 2. The number of carbonyl (C=O) groups is 2. The molecule has 0 N–H and O–H groups in total. The van der Waals surface area contributed by atoms with Crippen LogP contribution in [0.1, 0.15) is 31.4 Å². The van der Waals surface area contributed by atoms with Crippen LogP contribution in [0.25, 0.3) is 6.08 Å². The Morgan fingerprint density at radius 3 is 2.26 bits per heavy atom. The normalized spacial score (nSPS) is 10.7. The first kappa shape index (κ1) is 15.0. The number of rotatable bonds is 5. The molecule has 0 saturated heterocycles. The summed E-state index contributed by atoms with van der Waals surface area (Å²) < 4.78 is 15.3. The predicted molar refractivity (Wildman–Crippen MR) is 74.8 cm³/mol. The zero-order chi connectivity index (χ0) is 14.3. The maximum absolute atomic E-state index is 11.3. The van der Waals surface area contributed by atoms with Gasteiger partial charge in [0.05, 0.1) is 11.3 Å². The third kappa shape index (κ3) is 5.92. The summed E-state index contributed by atoms with van der Waals surface area (Å²) >= 11 is 0.397. The third-order valence-electron chi connectivity index (χ3n) is 2.16. The van der Waals surface area contributed by atoms with Crippen LogP contribution in [0.4, 0.5) is 0 Å². The fraction of sp³-hybridized carbons (Fsp3) is 0.214. The Balaban J connectivity index is 2.70. The lowest BCUT2D eigenvalue weighted by atomic mass is 10.1. The molecule has 0 radical (unpaired) electrons. The fourth-order valence-electron chi connectivity index (χ4n) is 1.41. The van der Waals surface area contributed by atoms with Crippen molar-refractivity contribution in [1.82, 2.24) is 0 Å². The Kier molecular flexibility index (Phi) is 5.89. The average molecular weight is 278 g/mol. The lowest BCUT2D eigenvalue weighted by Crippen LogP contribution is -2.07. The Morgan fingerprint density at radius 1 is 1.16 bits per heavy atom. The SMILES string of the molecule is CC(=O)CC(=O)O/C(C)=C/c1ccc(C=S=O)cc1. The van der Waals surface area contributed by atoms with E-state index in [1.54, 1.807) is 25.1 Å². The summed E-state index contributed by atoms with van der Waals surface area (Å²) in [6.45, 7) is 2.98. The van der Waals surface area contributed by atoms with Crippen LogP contribution in [0, 0.1) is 0 Å². The second kappa shape index (κ2) is 7.43. The van der Waals surface area contributed by atoms with Crippen LogP contribution in [-0.2, 0) is 25.6 Å². The van der Waals surface area contributed by atoms with E-state index >= 15 is 0 Å². The van der Waals surface area contributed by atoms with E-state index in [9.17, 15) is 13.8 Å². The van der Waals surface area contributed by atoms with Crippen LogP contribution in [0.5, 0.6) is 0 Å². The number of hydrogen-bond acceptors (Lipinski definition) is 4. The van der Waals surface area contributed by atoms with E-state index in [0.717, 1.165) is 11.1 Å². The van der Waals surface area contributed by atoms with E-state index < -0.39 is 5.97 Å². The van der Waals surface area contributed by atoms with E-state index in [1.165, 1.54) is 12.3 Å². The monoisotopic (exact) mass is 278 g/mol. The average Bonchev–Trinajstić information content (AvgIpc) is 2.30. The summed E-state index contributed by atoms with van der Waals surface area (Å²) in [5.74, 6) is -0.372. The first-order valence-electron chi connectivity index (χ1n) is 5.61. The highest BCUT2D eigenvalue weighted by Crippen LogP contribution is 2.09. The van der Waals surface area contributed by atoms with Gasteiger partial charge in [0, 0.05) is 5.37 Å². The van der Waals surface area contributed by atoms with Crippen molar-refractivity contribution in [3.05, 3.63) is 41.2 Å². The lowest BCUT2D eigenvalue weighted by Gasteiger charge is -2.03. The molecule has 0 amide bonds. The minimum Gasteiger partial charge on any atom is -0.431 e. The molecule has 0 fully saturated rings. The standard InChI is InChI=1S/C14H14O4S/c1-10(15)7-14(16)18-11(2)8-12-3-5-13(6-4-12)9-19-17/h3-6,8-9H,7H2,1-2H3/b11-8+. The Morgan fingerprint density at radius 2 is 1.74 bits per heavy atom. The Bertz CT molecular complexity index is 551. The molecule has 0 aliphatic carbocycles. The molecule has 0 heterocycles. The number of esters is 1. The van der Waals surface area contributed by atoms with Gasteiger partial charge in [-0.15, -0.1) is 0 Å². The first-order chi connectivity index (χ1) is 9.01. The molecule has 0 atom stereocenters. The molecule has 0 aliphatic heterocycles. The van der Waals surface area contributed by atoms with Crippen molar-refractivity contribution in [2.75, 3.05) is 0 Å². The van der Waals surface area contributed by atoms with Crippen LogP contribution >= 0.6 is 0 Å². The molecule has 1 aromatic carbocycles. The largest absolute Gasteiger partial charge is 0.431 e. The fourth-order valence-corrected chi connectivity index (χ4v) is 1.68. The second-order valence-electron chi connectivity index (χ2n) is 3.99. The second-order valence-corrected chi connectivity index (χ2v) is 4.42. The summed E-state index contributed by atoms with van der Waals surface area (Å²) in [5.41, 5.74) is 1.67. The molecule has 100 valence electrons. The molecule has 1 rings (SSSR count). The van der Waals surface area contributed by atoms with Crippen molar-refractivity contribution in [1.29, 1.82) is 0 Å². The minimum atomic E-state index is -0.561. The zero-order valence-corrected chi connectivity index (χ0v) is 11.5. The molecule has 4 nitrogen and oxygen atoms in total. The highest BCUT2D eigenvalue weighted by Gasteiger charge is 2.07. The van der Waals surface area contributed by atoms with Gasteiger partial charge in [0.25, 0.3) is 0 Å². The molecule has 1 aromatic rings.